The van der Waals surface area contributed by atoms with Gasteiger partial charge in [-0.05, 0) is 26.7 Å². The van der Waals surface area contributed by atoms with E-state index in [1.54, 1.807) is 18.7 Å². The molecule has 21 heavy (non-hydrogen) atoms. The van der Waals surface area contributed by atoms with Crippen molar-refractivity contribution in [3.63, 3.8) is 0 Å². The molecule has 0 aliphatic carbocycles. The van der Waals surface area contributed by atoms with E-state index in [9.17, 15) is 9.59 Å². The van der Waals surface area contributed by atoms with Crippen molar-refractivity contribution in [3.05, 3.63) is 16.1 Å². The van der Waals surface area contributed by atoms with Crippen LogP contribution in [-0.4, -0.2) is 33.3 Å². The molecule has 0 aromatic carbocycles. The molecule has 1 aliphatic heterocycles. The van der Waals surface area contributed by atoms with E-state index in [4.69, 9.17) is 0 Å². The van der Waals surface area contributed by atoms with E-state index in [1.165, 1.54) is 11.3 Å². The van der Waals surface area contributed by atoms with Crippen molar-refractivity contribution < 1.29 is 9.59 Å². The van der Waals surface area contributed by atoms with Gasteiger partial charge in [-0.15, -0.1) is 11.3 Å². The third-order valence-corrected chi connectivity index (χ3v) is 5.17. The van der Waals surface area contributed by atoms with Gasteiger partial charge in [0.1, 0.15) is 16.6 Å². The number of hydrogen-bond acceptors (Lipinski definition) is 4. The molecule has 2 atom stereocenters. The number of carbonyl (C=O) groups excluding carboxylic acids is 2. The minimum Gasteiger partial charge on any atom is -0.342 e. The average Bonchev–Trinajstić information content (AvgIpc) is 2.84. The Morgan fingerprint density at radius 3 is 2.67 bits per heavy atom. The van der Waals surface area contributed by atoms with Gasteiger partial charge < -0.3 is 10.2 Å². The predicted molar refractivity (Wildman–Crippen MR) is 82.9 cm³/mol. The van der Waals surface area contributed by atoms with Crippen molar-refractivity contribution in [1.82, 2.24) is 15.2 Å². The molecular weight excluding hydrogens is 286 g/mol. The van der Waals surface area contributed by atoms with E-state index in [0.29, 0.717) is 6.54 Å². The molecule has 0 saturated carbocycles. The smallest absolute Gasteiger partial charge is 0.246 e. The molecule has 0 radical (unpaired) electrons. The van der Waals surface area contributed by atoms with Crippen LogP contribution in [-0.2, 0) is 16.1 Å². The molecule has 2 rings (SSSR count). The number of rotatable bonds is 4. The molecule has 2 heterocycles. The molecule has 0 spiro atoms. The lowest BCUT2D eigenvalue weighted by molar-refractivity contribution is -0.157. The summed E-state index contributed by atoms with van der Waals surface area (Å²) in [6, 6.07) is -0.434. The van der Waals surface area contributed by atoms with Crippen molar-refractivity contribution in [3.8, 4) is 0 Å². The van der Waals surface area contributed by atoms with Crippen LogP contribution in [0.5, 0.6) is 0 Å². The molecule has 6 heteroatoms. The van der Waals surface area contributed by atoms with Gasteiger partial charge in [-0.3, -0.25) is 9.59 Å². The molecular formula is C15H23N3O2S. The first-order chi connectivity index (χ1) is 9.77. The Morgan fingerprint density at radius 1 is 1.48 bits per heavy atom. The summed E-state index contributed by atoms with van der Waals surface area (Å²) >= 11 is 1.53. The third kappa shape index (κ3) is 2.95. The fourth-order valence-corrected chi connectivity index (χ4v) is 3.21. The molecule has 0 bridgehead atoms. The summed E-state index contributed by atoms with van der Waals surface area (Å²) in [5.41, 5.74) is 0.0980. The van der Waals surface area contributed by atoms with Crippen LogP contribution in [0.1, 0.15) is 44.8 Å². The van der Waals surface area contributed by atoms with Crippen molar-refractivity contribution in [2.75, 3.05) is 0 Å². The quantitative estimate of drug-likeness (QED) is 0.926. The zero-order chi connectivity index (χ0) is 15.8. The highest BCUT2D eigenvalue weighted by Crippen LogP contribution is 2.27. The number of carbonyl (C=O) groups is 2. The summed E-state index contributed by atoms with van der Waals surface area (Å²) in [5, 5.41) is 5.71. The lowest BCUT2D eigenvalue weighted by atomic mass is 9.89. The molecule has 1 aromatic heterocycles. The summed E-state index contributed by atoms with van der Waals surface area (Å²) in [4.78, 5) is 31.2. The standard InChI is InChI=1S/C15H23N3O2S/c1-6-9(2)12-13(19)18(15(4,5)14(20)17-12)7-11-16-10(3)8-21-11/h8-9,12H,6-7H2,1-5H3,(H,17,20). The largest absolute Gasteiger partial charge is 0.342 e. The number of amides is 2. The summed E-state index contributed by atoms with van der Waals surface area (Å²) in [7, 11) is 0. The number of aryl methyl sites for hydroxylation is 1. The molecule has 2 unspecified atom stereocenters. The zero-order valence-electron chi connectivity index (χ0n) is 13.3. The summed E-state index contributed by atoms with van der Waals surface area (Å²) in [6.07, 6.45) is 0.849. The Labute approximate surface area is 129 Å². The van der Waals surface area contributed by atoms with Crippen LogP contribution in [0.4, 0.5) is 0 Å². The Hall–Kier alpha value is -1.43. The molecule has 1 N–H and O–H groups in total. The average molecular weight is 309 g/mol. The molecule has 2 amide bonds. The maximum Gasteiger partial charge on any atom is 0.246 e. The van der Waals surface area contributed by atoms with Gasteiger partial charge in [0.15, 0.2) is 0 Å². The summed E-state index contributed by atoms with van der Waals surface area (Å²) in [6.45, 7) is 9.91. The lowest BCUT2D eigenvalue weighted by Crippen LogP contribution is -2.69. The minimum atomic E-state index is -0.847. The van der Waals surface area contributed by atoms with E-state index >= 15 is 0 Å². The van der Waals surface area contributed by atoms with Crippen LogP contribution in [0.2, 0.25) is 0 Å². The van der Waals surface area contributed by atoms with Gasteiger partial charge in [0, 0.05) is 11.1 Å². The lowest BCUT2D eigenvalue weighted by Gasteiger charge is -2.45. The van der Waals surface area contributed by atoms with Crippen molar-refractivity contribution >= 4 is 23.2 Å². The second-order valence-corrected chi connectivity index (χ2v) is 7.15. The number of aromatic nitrogens is 1. The molecule has 1 aromatic rings. The van der Waals surface area contributed by atoms with Gasteiger partial charge in [0.2, 0.25) is 11.8 Å². The minimum absolute atomic E-state index is 0.0122. The Bertz CT molecular complexity index is 553. The Kier molecular flexibility index (Phi) is 4.37. The second-order valence-electron chi connectivity index (χ2n) is 6.20. The topological polar surface area (TPSA) is 62.3 Å². The zero-order valence-corrected chi connectivity index (χ0v) is 14.1. The maximum absolute atomic E-state index is 12.8. The van der Waals surface area contributed by atoms with Gasteiger partial charge >= 0.3 is 0 Å². The first kappa shape index (κ1) is 15.9. The maximum atomic E-state index is 12.8. The van der Waals surface area contributed by atoms with Crippen molar-refractivity contribution in [1.29, 1.82) is 0 Å². The molecule has 1 aliphatic rings. The third-order valence-electron chi connectivity index (χ3n) is 4.22. The van der Waals surface area contributed by atoms with Gasteiger partial charge in [-0.1, -0.05) is 20.3 Å². The Morgan fingerprint density at radius 2 is 2.14 bits per heavy atom. The monoisotopic (exact) mass is 309 g/mol. The van der Waals surface area contributed by atoms with E-state index in [1.807, 2.05) is 26.2 Å². The molecule has 1 saturated heterocycles. The van der Waals surface area contributed by atoms with Gasteiger partial charge in [-0.2, -0.15) is 0 Å². The van der Waals surface area contributed by atoms with Crippen LogP contribution >= 0.6 is 11.3 Å². The first-order valence-corrected chi connectivity index (χ1v) is 8.18. The SMILES string of the molecule is CCC(C)C1NC(=O)C(C)(C)N(Cc2nc(C)cs2)C1=O. The second kappa shape index (κ2) is 5.75. The molecule has 5 nitrogen and oxygen atoms in total. The molecule has 1 fully saturated rings. The van der Waals surface area contributed by atoms with Crippen LogP contribution in [0, 0.1) is 12.8 Å². The number of thiazole rings is 1. The summed E-state index contributed by atoms with van der Waals surface area (Å²) < 4.78 is 0. The van der Waals surface area contributed by atoms with Crippen LogP contribution in [0.15, 0.2) is 5.38 Å². The predicted octanol–water partition coefficient (Wildman–Crippen LogP) is 2.10. The number of nitrogens with one attached hydrogen (secondary N) is 1. The normalized spacial score (nSPS) is 23.1. The van der Waals surface area contributed by atoms with Gasteiger partial charge in [0.05, 0.1) is 6.54 Å². The van der Waals surface area contributed by atoms with Crippen molar-refractivity contribution in [2.45, 2.75) is 59.2 Å². The van der Waals surface area contributed by atoms with Gasteiger partial charge in [-0.25, -0.2) is 4.98 Å². The highest BCUT2D eigenvalue weighted by Gasteiger charge is 2.47. The first-order valence-electron chi connectivity index (χ1n) is 7.30. The Balaban J connectivity index is 2.29. The fraction of sp³-hybridized carbons (Fsp3) is 0.667. The highest BCUT2D eigenvalue weighted by molar-refractivity contribution is 7.09. The van der Waals surface area contributed by atoms with E-state index in [0.717, 1.165) is 17.1 Å². The van der Waals surface area contributed by atoms with Crippen LogP contribution in [0.25, 0.3) is 0 Å². The van der Waals surface area contributed by atoms with Crippen LogP contribution in [0.3, 0.4) is 0 Å². The van der Waals surface area contributed by atoms with Crippen molar-refractivity contribution in [2.24, 2.45) is 5.92 Å². The summed E-state index contributed by atoms with van der Waals surface area (Å²) in [5.74, 6) is 0.0144. The van der Waals surface area contributed by atoms with E-state index < -0.39 is 11.6 Å². The number of hydrogen-bond donors (Lipinski definition) is 1. The van der Waals surface area contributed by atoms with Crippen LogP contribution < -0.4 is 5.32 Å². The number of piperazine rings is 1. The highest BCUT2D eigenvalue weighted by atomic mass is 32.1. The number of nitrogens with zero attached hydrogens (tertiary/aromatic N) is 2. The molecule has 116 valence electrons. The van der Waals surface area contributed by atoms with Gasteiger partial charge in [0.25, 0.3) is 0 Å². The fourth-order valence-electron chi connectivity index (χ4n) is 2.45. The van der Waals surface area contributed by atoms with E-state index in [2.05, 4.69) is 10.3 Å². The van der Waals surface area contributed by atoms with E-state index in [-0.39, 0.29) is 17.7 Å².